The van der Waals surface area contributed by atoms with Crippen LogP contribution in [0.25, 0.3) is 0 Å². The van der Waals surface area contributed by atoms with Crippen molar-refractivity contribution in [2.45, 2.75) is 13.0 Å². The fourth-order valence-electron chi connectivity index (χ4n) is 1.25. The molecule has 0 radical (unpaired) electrons. The van der Waals surface area contributed by atoms with E-state index >= 15 is 0 Å². The van der Waals surface area contributed by atoms with Crippen LogP contribution in [-0.2, 0) is 19.1 Å². The molecule has 1 aromatic heterocycles. The minimum Gasteiger partial charge on any atom is -0.466 e. The van der Waals surface area contributed by atoms with E-state index in [4.69, 9.17) is 4.74 Å². The average molecular weight is 235 g/mol. The number of nitrogens with zero attached hydrogens (tertiary/aromatic N) is 1. The van der Waals surface area contributed by atoms with Gasteiger partial charge in [0.1, 0.15) is 0 Å². The summed E-state index contributed by atoms with van der Waals surface area (Å²) in [4.78, 5) is 26.4. The molecule has 0 amide bonds. The molecular formula is C12H13NO4. The highest BCUT2D eigenvalue weighted by atomic mass is 16.6. The molecule has 0 spiro atoms. The minimum absolute atomic E-state index is 0.0291. The van der Waals surface area contributed by atoms with Crippen molar-refractivity contribution in [3.05, 3.63) is 42.2 Å². The Kier molecular flexibility index (Phi) is 4.39. The molecule has 0 fully saturated rings. The lowest BCUT2D eigenvalue weighted by atomic mass is 10.1. The molecule has 0 aromatic carbocycles. The van der Waals surface area contributed by atoms with Crippen LogP contribution >= 0.6 is 0 Å². The highest BCUT2D eigenvalue weighted by molar-refractivity contribution is 5.89. The molecule has 0 unspecified atom stereocenters. The summed E-state index contributed by atoms with van der Waals surface area (Å²) >= 11 is 0. The summed E-state index contributed by atoms with van der Waals surface area (Å²) in [6.45, 7) is 4.81. The summed E-state index contributed by atoms with van der Waals surface area (Å²) in [6.07, 6.45) is 0.622. The van der Waals surface area contributed by atoms with Crippen molar-refractivity contribution in [2.24, 2.45) is 0 Å². The third-order valence-electron chi connectivity index (χ3n) is 2.00. The van der Waals surface area contributed by atoms with Gasteiger partial charge in [-0.2, -0.15) is 0 Å². The van der Waals surface area contributed by atoms with Crippen LogP contribution in [-0.4, -0.2) is 24.0 Å². The Morgan fingerprint density at radius 2 is 2.12 bits per heavy atom. The third-order valence-corrected chi connectivity index (χ3v) is 2.00. The number of carbonyl (C=O) groups is 2. The van der Waals surface area contributed by atoms with Gasteiger partial charge in [-0.05, 0) is 12.1 Å². The third kappa shape index (κ3) is 3.41. The highest BCUT2D eigenvalue weighted by Gasteiger charge is 2.25. The Labute approximate surface area is 99.1 Å². The number of aromatic nitrogens is 1. The van der Waals surface area contributed by atoms with Gasteiger partial charge in [0.05, 0.1) is 18.4 Å². The fourth-order valence-corrected chi connectivity index (χ4v) is 1.25. The van der Waals surface area contributed by atoms with E-state index < -0.39 is 18.0 Å². The lowest BCUT2D eigenvalue weighted by Gasteiger charge is -2.17. The molecule has 0 saturated heterocycles. The number of hydrogen-bond acceptors (Lipinski definition) is 5. The molecule has 17 heavy (non-hydrogen) atoms. The SMILES string of the molecule is C=C(C(=O)OC)[C@@H](OC(C)=O)c1ccccn1. The van der Waals surface area contributed by atoms with Gasteiger partial charge >= 0.3 is 11.9 Å². The number of carbonyl (C=O) groups excluding carboxylic acids is 2. The van der Waals surface area contributed by atoms with Gasteiger partial charge in [-0.25, -0.2) is 4.79 Å². The number of methoxy groups -OCH3 is 1. The molecular weight excluding hydrogens is 222 g/mol. The van der Waals surface area contributed by atoms with Crippen molar-refractivity contribution in [2.75, 3.05) is 7.11 Å². The Morgan fingerprint density at radius 1 is 1.41 bits per heavy atom. The van der Waals surface area contributed by atoms with Crippen molar-refractivity contribution >= 4 is 11.9 Å². The maximum absolute atomic E-state index is 11.4. The van der Waals surface area contributed by atoms with Gasteiger partial charge in [-0.1, -0.05) is 12.6 Å². The standard InChI is InChI=1S/C12H13NO4/c1-8(12(15)16-3)11(17-9(2)14)10-6-4-5-7-13-10/h4-7,11H,1H2,2-3H3/t11-/m1/s1. The summed E-state index contributed by atoms with van der Waals surface area (Å²) in [6, 6.07) is 5.08. The van der Waals surface area contributed by atoms with Crippen molar-refractivity contribution in [3.63, 3.8) is 0 Å². The first-order valence-electron chi connectivity index (χ1n) is 4.91. The molecule has 0 bridgehead atoms. The first-order valence-corrected chi connectivity index (χ1v) is 4.91. The van der Waals surface area contributed by atoms with Gasteiger partial charge in [-0.3, -0.25) is 9.78 Å². The molecule has 1 atom stereocenters. The molecule has 5 nitrogen and oxygen atoms in total. The normalized spacial score (nSPS) is 11.4. The zero-order valence-corrected chi connectivity index (χ0v) is 9.67. The predicted molar refractivity (Wildman–Crippen MR) is 59.9 cm³/mol. The summed E-state index contributed by atoms with van der Waals surface area (Å²) in [5, 5.41) is 0. The maximum atomic E-state index is 11.4. The number of hydrogen-bond donors (Lipinski definition) is 0. The monoisotopic (exact) mass is 235 g/mol. The second-order valence-electron chi connectivity index (χ2n) is 3.26. The maximum Gasteiger partial charge on any atom is 0.337 e. The lowest BCUT2D eigenvalue weighted by molar-refractivity contribution is -0.147. The summed E-state index contributed by atoms with van der Waals surface area (Å²) < 4.78 is 9.56. The summed E-state index contributed by atoms with van der Waals surface area (Å²) in [5.74, 6) is -1.16. The van der Waals surface area contributed by atoms with E-state index in [1.54, 1.807) is 18.2 Å². The molecule has 5 heteroatoms. The molecule has 0 saturated carbocycles. The van der Waals surface area contributed by atoms with Crippen LogP contribution in [0.1, 0.15) is 18.7 Å². The molecule has 1 aromatic rings. The number of rotatable bonds is 4. The van der Waals surface area contributed by atoms with E-state index in [2.05, 4.69) is 16.3 Å². The molecule has 0 aliphatic carbocycles. The Balaban J connectivity index is 3.00. The van der Waals surface area contributed by atoms with Crippen LogP contribution in [0.2, 0.25) is 0 Å². The van der Waals surface area contributed by atoms with Gasteiger partial charge in [0.2, 0.25) is 0 Å². The Bertz CT molecular complexity index is 427. The number of pyridine rings is 1. The molecule has 0 aliphatic heterocycles. The van der Waals surface area contributed by atoms with Gasteiger partial charge in [0.15, 0.2) is 6.10 Å². The molecule has 1 rings (SSSR count). The van der Waals surface area contributed by atoms with Gasteiger partial charge in [0.25, 0.3) is 0 Å². The fraction of sp³-hybridized carbons (Fsp3) is 0.250. The average Bonchev–Trinajstić information content (AvgIpc) is 2.35. The van der Waals surface area contributed by atoms with E-state index in [0.29, 0.717) is 5.69 Å². The molecule has 1 heterocycles. The zero-order chi connectivity index (χ0) is 12.8. The predicted octanol–water partition coefficient (Wildman–Crippen LogP) is 1.41. The second-order valence-corrected chi connectivity index (χ2v) is 3.26. The van der Waals surface area contributed by atoms with Crippen molar-refractivity contribution < 1.29 is 19.1 Å². The van der Waals surface area contributed by atoms with Crippen LogP contribution in [0, 0.1) is 0 Å². The van der Waals surface area contributed by atoms with E-state index in [0.717, 1.165) is 0 Å². The lowest BCUT2D eigenvalue weighted by Crippen LogP contribution is -2.18. The largest absolute Gasteiger partial charge is 0.466 e. The summed E-state index contributed by atoms with van der Waals surface area (Å²) in [7, 11) is 1.23. The smallest absolute Gasteiger partial charge is 0.337 e. The first-order chi connectivity index (χ1) is 8.06. The second kappa shape index (κ2) is 5.79. The molecule has 0 N–H and O–H groups in total. The first kappa shape index (κ1) is 12.9. The van der Waals surface area contributed by atoms with Gasteiger partial charge in [-0.15, -0.1) is 0 Å². The Morgan fingerprint density at radius 3 is 2.59 bits per heavy atom. The summed E-state index contributed by atoms with van der Waals surface area (Å²) in [5.41, 5.74) is 0.458. The van der Waals surface area contributed by atoms with Gasteiger partial charge < -0.3 is 9.47 Å². The number of ether oxygens (including phenoxy) is 2. The van der Waals surface area contributed by atoms with Crippen molar-refractivity contribution in [1.29, 1.82) is 0 Å². The van der Waals surface area contributed by atoms with Crippen LogP contribution in [0.15, 0.2) is 36.5 Å². The van der Waals surface area contributed by atoms with E-state index in [1.165, 1.54) is 20.2 Å². The van der Waals surface area contributed by atoms with Crippen molar-refractivity contribution in [1.82, 2.24) is 4.98 Å². The zero-order valence-electron chi connectivity index (χ0n) is 9.67. The Hall–Kier alpha value is -2.17. The van der Waals surface area contributed by atoms with Crippen LogP contribution in [0.5, 0.6) is 0 Å². The molecule has 0 aliphatic rings. The van der Waals surface area contributed by atoms with Crippen molar-refractivity contribution in [3.8, 4) is 0 Å². The van der Waals surface area contributed by atoms with E-state index in [1.807, 2.05) is 0 Å². The molecule has 90 valence electrons. The van der Waals surface area contributed by atoms with E-state index in [9.17, 15) is 9.59 Å². The topological polar surface area (TPSA) is 65.5 Å². The highest BCUT2D eigenvalue weighted by Crippen LogP contribution is 2.23. The minimum atomic E-state index is -0.916. The van der Waals surface area contributed by atoms with Gasteiger partial charge in [0, 0.05) is 13.1 Å². The quantitative estimate of drug-likeness (QED) is 0.583. The van der Waals surface area contributed by atoms with E-state index in [-0.39, 0.29) is 5.57 Å². The van der Waals surface area contributed by atoms with Crippen LogP contribution in [0.4, 0.5) is 0 Å². The van der Waals surface area contributed by atoms with Crippen LogP contribution < -0.4 is 0 Å². The van der Waals surface area contributed by atoms with Crippen LogP contribution in [0.3, 0.4) is 0 Å². The number of esters is 2.